The van der Waals surface area contributed by atoms with Gasteiger partial charge in [0.2, 0.25) is 5.95 Å². The molecule has 0 bridgehead atoms. The van der Waals surface area contributed by atoms with Crippen LogP contribution in [0.2, 0.25) is 0 Å². The van der Waals surface area contributed by atoms with Crippen LogP contribution in [0.4, 0.5) is 11.8 Å². The molecule has 0 radical (unpaired) electrons. The summed E-state index contributed by atoms with van der Waals surface area (Å²) in [6.07, 6.45) is 3.89. The van der Waals surface area contributed by atoms with Gasteiger partial charge in [0.05, 0.1) is 17.3 Å². The molecule has 6 nitrogen and oxygen atoms in total. The van der Waals surface area contributed by atoms with Crippen LogP contribution in [0.3, 0.4) is 0 Å². The summed E-state index contributed by atoms with van der Waals surface area (Å²) in [7, 11) is 0. The lowest BCUT2D eigenvalue weighted by atomic mass is 10.3. The Morgan fingerprint density at radius 3 is 2.43 bits per heavy atom. The second kappa shape index (κ2) is 7.09. The normalized spacial score (nSPS) is 10.9. The quantitative estimate of drug-likeness (QED) is 0.699. The average molecular weight is 310 g/mol. The van der Waals surface area contributed by atoms with Crippen molar-refractivity contribution in [3.63, 3.8) is 0 Å². The first-order valence-corrected chi connectivity index (χ1v) is 8.12. The van der Waals surface area contributed by atoms with Gasteiger partial charge in [0.25, 0.3) is 0 Å². The van der Waals surface area contributed by atoms with Gasteiger partial charge in [-0.3, -0.25) is 0 Å². The van der Waals surface area contributed by atoms with Crippen LogP contribution in [0, 0.1) is 0 Å². The van der Waals surface area contributed by atoms with Crippen LogP contribution < -0.4 is 10.6 Å². The van der Waals surface area contributed by atoms with Gasteiger partial charge in [0.1, 0.15) is 5.82 Å². The molecule has 2 aromatic heterocycles. The van der Waals surface area contributed by atoms with Crippen LogP contribution in [-0.2, 0) is 0 Å². The van der Waals surface area contributed by atoms with E-state index in [1.54, 1.807) is 0 Å². The standard InChI is InChI=1S/C17H22N6/c1-3-10-18-15-14-12-20-23(13-8-6-5-7-9-13)16(14)22-17(21-15)19-11-4-2/h5-9,12H,3-4,10-11H2,1-2H3,(H2,18,19,21,22). The van der Waals surface area contributed by atoms with E-state index in [2.05, 4.69) is 39.5 Å². The molecule has 0 aliphatic carbocycles. The fourth-order valence-electron chi connectivity index (χ4n) is 2.36. The van der Waals surface area contributed by atoms with E-state index in [1.165, 1.54) is 0 Å². The number of benzene rings is 1. The molecule has 2 N–H and O–H groups in total. The molecule has 1 aromatic carbocycles. The smallest absolute Gasteiger partial charge is 0.226 e. The third-order valence-corrected chi connectivity index (χ3v) is 3.50. The first-order chi connectivity index (χ1) is 11.3. The lowest BCUT2D eigenvalue weighted by Gasteiger charge is -2.10. The van der Waals surface area contributed by atoms with E-state index >= 15 is 0 Å². The van der Waals surface area contributed by atoms with Gasteiger partial charge >= 0.3 is 0 Å². The Balaban J connectivity index is 2.09. The van der Waals surface area contributed by atoms with Crippen LogP contribution >= 0.6 is 0 Å². The predicted octanol–water partition coefficient (Wildman–Crippen LogP) is 3.46. The topological polar surface area (TPSA) is 67.7 Å². The van der Waals surface area contributed by atoms with Gasteiger partial charge in [-0.1, -0.05) is 32.0 Å². The zero-order valence-electron chi connectivity index (χ0n) is 13.6. The van der Waals surface area contributed by atoms with E-state index in [0.717, 1.165) is 48.5 Å². The van der Waals surface area contributed by atoms with Gasteiger partial charge in [-0.2, -0.15) is 15.1 Å². The maximum Gasteiger partial charge on any atom is 0.226 e. The molecule has 120 valence electrons. The second-order valence-electron chi connectivity index (χ2n) is 5.38. The van der Waals surface area contributed by atoms with E-state index in [-0.39, 0.29) is 0 Å². The van der Waals surface area contributed by atoms with Crippen LogP contribution in [-0.4, -0.2) is 32.8 Å². The van der Waals surface area contributed by atoms with E-state index in [1.807, 2.05) is 41.2 Å². The van der Waals surface area contributed by atoms with Crippen molar-refractivity contribution in [3.8, 4) is 5.69 Å². The minimum absolute atomic E-state index is 0.635. The summed E-state index contributed by atoms with van der Waals surface area (Å²) in [5.74, 6) is 1.47. The van der Waals surface area contributed by atoms with Crippen molar-refractivity contribution in [2.45, 2.75) is 26.7 Å². The summed E-state index contributed by atoms with van der Waals surface area (Å²) in [4.78, 5) is 9.25. The van der Waals surface area contributed by atoms with Crippen LogP contribution in [0.1, 0.15) is 26.7 Å². The van der Waals surface area contributed by atoms with Crippen LogP contribution in [0.5, 0.6) is 0 Å². The maximum atomic E-state index is 4.66. The molecular weight excluding hydrogens is 288 g/mol. The summed E-state index contributed by atoms with van der Waals surface area (Å²) in [6.45, 7) is 5.97. The Morgan fingerprint density at radius 2 is 1.70 bits per heavy atom. The molecule has 0 atom stereocenters. The molecule has 0 unspecified atom stereocenters. The average Bonchev–Trinajstić information content (AvgIpc) is 3.02. The van der Waals surface area contributed by atoms with Crippen molar-refractivity contribution < 1.29 is 0 Å². The second-order valence-corrected chi connectivity index (χ2v) is 5.38. The first kappa shape index (κ1) is 15.3. The molecular formula is C17H22N6. The summed E-state index contributed by atoms with van der Waals surface area (Å²) < 4.78 is 1.85. The Labute approximate surface area is 136 Å². The molecule has 2 heterocycles. The molecule has 0 spiro atoms. The summed E-state index contributed by atoms with van der Waals surface area (Å²) >= 11 is 0. The number of para-hydroxylation sites is 1. The van der Waals surface area contributed by atoms with Crippen LogP contribution in [0.15, 0.2) is 36.5 Å². The SMILES string of the molecule is CCCNc1nc(NCCC)c2cnn(-c3ccccc3)c2n1. The predicted molar refractivity (Wildman–Crippen MR) is 94.2 cm³/mol. The highest BCUT2D eigenvalue weighted by Crippen LogP contribution is 2.24. The zero-order chi connectivity index (χ0) is 16.1. The number of hydrogen-bond donors (Lipinski definition) is 2. The summed E-state index contributed by atoms with van der Waals surface area (Å²) in [6, 6.07) is 10.0. The van der Waals surface area contributed by atoms with Gasteiger partial charge in [-0.25, -0.2) is 4.68 Å². The Hall–Kier alpha value is -2.63. The molecule has 0 saturated carbocycles. The molecule has 0 fully saturated rings. The molecule has 6 heteroatoms. The van der Waals surface area contributed by atoms with Crippen molar-refractivity contribution in [1.82, 2.24) is 19.7 Å². The van der Waals surface area contributed by atoms with Crippen molar-refractivity contribution in [2.75, 3.05) is 23.7 Å². The maximum absolute atomic E-state index is 4.66. The Bertz CT molecular complexity index is 765. The Kier molecular flexibility index (Phi) is 4.71. The van der Waals surface area contributed by atoms with Gasteiger partial charge in [-0.05, 0) is 25.0 Å². The van der Waals surface area contributed by atoms with Crippen molar-refractivity contribution in [1.29, 1.82) is 0 Å². The fourth-order valence-corrected chi connectivity index (χ4v) is 2.36. The number of fused-ring (bicyclic) bond motifs is 1. The number of aromatic nitrogens is 4. The number of hydrogen-bond acceptors (Lipinski definition) is 5. The molecule has 0 aliphatic heterocycles. The lowest BCUT2D eigenvalue weighted by Crippen LogP contribution is -2.09. The van der Waals surface area contributed by atoms with Crippen LogP contribution in [0.25, 0.3) is 16.7 Å². The molecule has 0 amide bonds. The lowest BCUT2D eigenvalue weighted by molar-refractivity contribution is 0.891. The van der Waals surface area contributed by atoms with Crippen molar-refractivity contribution in [2.24, 2.45) is 0 Å². The largest absolute Gasteiger partial charge is 0.369 e. The van der Waals surface area contributed by atoms with Gasteiger partial charge < -0.3 is 10.6 Å². The van der Waals surface area contributed by atoms with E-state index in [0.29, 0.717) is 5.95 Å². The number of nitrogens with zero attached hydrogens (tertiary/aromatic N) is 4. The molecule has 23 heavy (non-hydrogen) atoms. The number of rotatable bonds is 7. The van der Waals surface area contributed by atoms with E-state index < -0.39 is 0 Å². The van der Waals surface area contributed by atoms with Crippen molar-refractivity contribution >= 4 is 22.8 Å². The highest BCUT2D eigenvalue weighted by atomic mass is 15.3. The fraction of sp³-hybridized carbons (Fsp3) is 0.353. The first-order valence-electron chi connectivity index (χ1n) is 8.12. The highest BCUT2D eigenvalue weighted by molar-refractivity contribution is 5.88. The number of anilines is 2. The minimum atomic E-state index is 0.635. The molecule has 0 saturated heterocycles. The third kappa shape index (κ3) is 3.26. The summed E-state index contributed by atoms with van der Waals surface area (Å²) in [5, 5.41) is 12.1. The third-order valence-electron chi connectivity index (χ3n) is 3.50. The minimum Gasteiger partial charge on any atom is -0.369 e. The molecule has 3 rings (SSSR count). The Morgan fingerprint density at radius 1 is 0.957 bits per heavy atom. The van der Waals surface area contributed by atoms with Gasteiger partial charge in [0, 0.05) is 13.1 Å². The molecule has 0 aliphatic rings. The monoisotopic (exact) mass is 310 g/mol. The van der Waals surface area contributed by atoms with Gasteiger partial charge in [0.15, 0.2) is 5.65 Å². The van der Waals surface area contributed by atoms with E-state index in [4.69, 9.17) is 0 Å². The summed E-state index contributed by atoms with van der Waals surface area (Å²) in [5.41, 5.74) is 1.80. The van der Waals surface area contributed by atoms with Crippen molar-refractivity contribution in [3.05, 3.63) is 36.5 Å². The zero-order valence-corrected chi connectivity index (χ0v) is 13.6. The molecule has 3 aromatic rings. The highest BCUT2D eigenvalue weighted by Gasteiger charge is 2.13. The van der Waals surface area contributed by atoms with E-state index in [9.17, 15) is 0 Å². The number of nitrogens with one attached hydrogen (secondary N) is 2. The van der Waals surface area contributed by atoms with Gasteiger partial charge in [-0.15, -0.1) is 0 Å².